The molecule has 4 atom stereocenters. The Hall–Kier alpha value is -4.38. The number of hydrogen-bond donors (Lipinski definition) is 2. The number of thiocarbonyl (C=S) groups is 1. The van der Waals surface area contributed by atoms with Crippen molar-refractivity contribution in [2.45, 2.75) is 24.3 Å². The molecule has 186 valence electrons. The zero-order valence-electron chi connectivity index (χ0n) is 19.3. The van der Waals surface area contributed by atoms with Crippen LogP contribution in [0.2, 0.25) is 0 Å². The summed E-state index contributed by atoms with van der Waals surface area (Å²) in [6.45, 7) is 0.763. The van der Waals surface area contributed by atoms with Crippen molar-refractivity contribution in [3.05, 3.63) is 72.8 Å². The molecule has 37 heavy (non-hydrogen) atoms. The van der Waals surface area contributed by atoms with Gasteiger partial charge in [-0.05, 0) is 65.1 Å². The first kappa shape index (κ1) is 23.0. The zero-order valence-corrected chi connectivity index (χ0v) is 20.2. The van der Waals surface area contributed by atoms with Gasteiger partial charge in [0.25, 0.3) is 0 Å². The third-order valence-electron chi connectivity index (χ3n) is 6.22. The van der Waals surface area contributed by atoms with E-state index in [9.17, 15) is 0 Å². The van der Waals surface area contributed by atoms with Gasteiger partial charge in [0.05, 0.1) is 37.2 Å². The summed E-state index contributed by atoms with van der Waals surface area (Å²) in [5, 5.41) is 27.9. The average molecular weight is 516 g/mol. The molecule has 0 aliphatic carbocycles. The van der Waals surface area contributed by atoms with E-state index in [1.807, 2.05) is 41.1 Å². The Bertz CT molecular complexity index is 1430. The van der Waals surface area contributed by atoms with Crippen LogP contribution in [0.3, 0.4) is 0 Å². The molecule has 0 amide bonds. The van der Waals surface area contributed by atoms with Crippen molar-refractivity contribution in [2.75, 3.05) is 18.5 Å². The van der Waals surface area contributed by atoms with E-state index in [0.717, 1.165) is 11.4 Å². The van der Waals surface area contributed by atoms with Crippen LogP contribution in [-0.4, -0.2) is 66.3 Å². The maximum Gasteiger partial charge on any atom is 0.341 e. The van der Waals surface area contributed by atoms with Crippen molar-refractivity contribution in [1.82, 2.24) is 35.1 Å². The van der Waals surface area contributed by atoms with E-state index < -0.39 is 0 Å². The summed E-state index contributed by atoms with van der Waals surface area (Å²) < 4.78 is 21.6. The lowest BCUT2D eigenvalue weighted by atomic mass is 10.1. The Kier molecular flexibility index (Phi) is 6.19. The van der Waals surface area contributed by atoms with Crippen LogP contribution in [0.15, 0.2) is 67.3 Å². The highest BCUT2D eigenvalue weighted by Crippen LogP contribution is 2.36. The standard InChI is InChI=1S/C24H21N9O3S/c25-11-15-2-1-3-16(10-15)27-23(37)28-19-12-34-22-20(13-35-21(19)22)33-24(29-30-31-33)36-18-6-4-17(5-7-18)32-9-8-26-14-32/h1-10,14,19-22H,12-13H2,(H2,27,28,37). The van der Waals surface area contributed by atoms with E-state index in [4.69, 9.17) is 31.7 Å². The molecule has 4 unspecified atom stereocenters. The van der Waals surface area contributed by atoms with Crippen LogP contribution < -0.4 is 15.4 Å². The first-order valence-electron chi connectivity index (χ1n) is 11.5. The topological polar surface area (TPSA) is 137 Å². The Morgan fingerprint density at radius 2 is 2.00 bits per heavy atom. The number of nitrogens with one attached hydrogen (secondary N) is 2. The lowest BCUT2D eigenvalue weighted by Crippen LogP contribution is -2.45. The molecule has 0 saturated carbocycles. The summed E-state index contributed by atoms with van der Waals surface area (Å²) in [6, 6.07) is 16.6. The highest BCUT2D eigenvalue weighted by atomic mass is 32.1. The summed E-state index contributed by atoms with van der Waals surface area (Å²) in [6.07, 6.45) is 4.79. The van der Waals surface area contributed by atoms with E-state index >= 15 is 0 Å². The molecule has 2 saturated heterocycles. The largest absolute Gasteiger partial charge is 0.423 e. The van der Waals surface area contributed by atoms with Crippen LogP contribution in [0.25, 0.3) is 5.69 Å². The van der Waals surface area contributed by atoms with Crippen molar-refractivity contribution in [2.24, 2.45) is 0 Å². The van der Waals surface area contributed by atoms with Crippen LogP contribution >= 0.6 is 12.2 Å². The summed E-state index contributed by atoms with van der Waals surface area (Å²) in [7, 11) is 0. The quantitative estimate of drug-likeness (QED) is 0.366. The number of nitrogens with zero attached hydrogens (tertiary/aromatic N) is 7. The molecular formula is C24H21N9O3S. The SMILES string of the molecule is N#Cc1cccc(NC(=S)NC2COC3C2OCC3n2nnnc2Oc2ccc(-n3ccnc3)cc2)c1. The molecule has 2 aliphatic rings. The third-order valence-corrected chi connectivity index (χ3v) is 6.44. The van der Waals surface area contributed by atoms with Gasteiger partial charge in [-0.25, -0.2) is 4.98 Å². The van der Waals surface area contributed by atoms with Gasteiger partial charge in [-0.2, -0.15) is 9.94 Å². The molecule has 2 aromatic heterocycles. The number of anilines is 1. The van der Waals surface area contributed by atoms with Gasteiger partial charge in [0, 0.05) is 23.8 Å². The minimum absolute atomic E-state index is 0.161. The van der Waals surface area contributed by atoms with Gasteiger partial charge in [-0.15, -0.1) is 0 Å². The van der Waals surface area contributed by atoms with E-state index in [0.29, 0.717) is 29.6 Å². The molecule has 13 heteroatoms. The number of tetrazole rings is 1. The molecule has 12 nitrogen and oxygen atoms in total. The molecule has 2 N–H and O–H groups in total. The molecule has 0 bridgehead atoms. The van der Waals surface area contributed by atoms with Gasteiger partial charge in [-0.3, -0.25) is 0 Å². The van der Waals surface area contributed by atoms with E-state index in [1.165, 1.54) is 0 Å². The Balaban J connectivity index is 1.09. The van der Waals surface area contributed by atoms with E-state index in [2.05, 4.69) is 37.2 Å². The predicted octanol–water partition coefficient (Wildman–Crippen LogP) is 2.22. The molecular weight excluding hydrogens is 494 g/mol. The fourth-order valence-corrected chi connectivity index (χ4v) is 4.75. The molecule has 0 spiro atoms. The predicted molar refractivity (Wildman–Crippen MR) is 134 cm³/mol. The number of aromatic nitrogens is 6. The minimum atomic E-state index is -0.281. The smallest absolute Gasteiger partial charge is 0.341 e. The molecule has 2 aromatic carbocycles. The number of benzene rings is 2. The molecule has 2 aliphatic heterocycles. The fourth-order valence-electron chi connectivity index (χ4n) is 4.48. The van der Waals surface area contributed by atoms with Crippen molar-refractivity contribution >= 4 is 23.0 Å². The molecule has 0 radical (unpaired) electrons. The first-order valence-corrected chi connectivity index (χ1v) is 11.9. The fraction of sp³-hybridized carbons (Fsp3) is 0.250. The highest BCUT2D eigenvalue weighted by molar-refractivity contribution is 7.80. The van der Waals surface area contributed by atoms with Crippen LogP contribution in [0.4, 0.5) is 5.69 Å². The second kappa shape index (κ2) is 9.94. The Labute approximate surface area is 216 Å². The molecule has 4 heterocycles. The zero-order chi connectivity index (χ0) is 25.2. The van der Waals surface area contributed by atoms with Crippen LogP contribution in [-0.2, 0) is 9.47 Å². The Morgan fingerprint density at radius 1 is 1.14 bits per heavy atom. The maximum absolute atomic E-state index is 9.09. The van der Waals surface area contributed by atoms with E-state index in [-0.39, 0.29) is 30.3 Å². The van der Waals surface area contributed by atoms with Crippen LogP contribution in [0.1, 0.15) is 11.6 Å². The number of ether oxygens (including phenoxy) is 3. The van der Waals surface area contributed by atoms with E-state index in [1.54, 1.807) is 35.4 Å². The molecule has 4 aromatic rings. The molecule has 2 fully saturated rings. The van der Waals surface area contributed by atoms with Crippen molar-refractivity contribution in [3.63, 3.8) is 0 Å². The second-order valence-corrected chi connectivity index (χ2v) is 8.94. The third kappa shape index (κ3) is 4.73. The monoisotopic (exact) mass is 515 g/mol. The summed E-state index contributed by atoms with van der Waals surface area (Å²) in [4.78, 5) is 4.06. The van der Waals surface area contributed by atoms with Gasteiger partial charge >= 0.3 is 6.01 Å². The number of rotatable bonds is 6. The van der Waals surface area contributed by atoms with Gasteiger partial charge in [-0.1, -0.05) is 11.2 Å². The first-order chi connectivity index (χ1) is 18.2. The lowest BCUT2D eigenvalue weighted by Gasteiger charge is -2.20. The summed E-state index contributed by atoms with van der Waals surface area (Å²) in [5.41, 5.74) is 2.23. The number of fused-ring (bicyclic) bond motifs is 1. The summed E-state index contributed by atoms with van der Waals surface area (Å²) in [5.74, 6) is 0.596. The van der Waals surface area contributed by atoms with Crippen LogP contribution in [0.5, 0.6) is 11.8 Å². The van der Waals surface area contributed by atoms with Gasteiger partial charge < -0.3 is 29.4 Å². The normalized spacial score (nSPS) is 22.2. The number of hydrogen-bond acceptors (Lipinski definition) is 9. The van der Waals surface area contributed by atoms with Crippen LogP contribution in [0, 0.1) is 11.3 Å². The van der Waals surface area contributed by atoms with Crippen molar-refractivity contribution in [1.29, 1.82) is 5.26 Å². The Morgan fingerprint density at radius 3 is 2.81 bits per heavy atom. The minimum Gasteiger partial charge on any atom is -0.423 e. The maximum atomic E-state index is 9.09. The summed E-state index contributed by atoms with van der Waals surface area (Å²) >= 11 is 5.47. The van der Waals surface area contributed by atoms with Crippen molar-refractivity contribution in [3.8, 4) is 23.5 Å². The number of nitriles is 1. The second-order valence-electron chi connectivity index (χ2n) is 8.53. The average Bonchev–Trinajstić information content (AvgIpc) is 3.71. The van der Waals surface area contributed by atoms with Gasteiger partial charge in [0.2, 0.25) is 0 Å². The lowest BCUT2D eigenvalue weighted by molar-refractivity contribution is 0.0615. The number of imidazole rings is 1. The van der Waals surface area contributed by atoms with Crippen molar-refractivity contribution < 1.29 is 14.2 Å². The van der Waals surface area contributed by atoms with Gasteiger partial charge in [0.15, 0.2) is 5.11 Å². The highest BCUT2D eigenvalue weighted by Gasteiger charge is 2.50. The van der Waals surface area contributed by atoms with Gasteiger partial charge in [0.1, 0.15) is 24.0 Å². The molecule has 6 rings (SSSR count).